The highest BCUT2D eigenvalue weighted by molar-refractivity contribution is 7.09. The molecule has 1 fully saturated rings. The first-order valence-electron chi connectivity index (χ1n) is 6.69. The molecule has 0 aromatic carbocycles. The van der Waals surface area contributed by atoms with Crippen LogP contribution in [0.2, 0.25) is 0 Å². The van der Waals surface area contributed by atoms with Crippen LogP contribution in [0.4, 0.5) is 0 Å². The van der Waals surface area contributed by atoms with E-state index in [2.05, 4.69) is 11.9 Å². The molecule has 1 aliphatic rings. The zero-order valence-electron chi connectivity index (χ0n) is 10.5. The van der Waals surface area contributed by atoms with Gasteiger partial charge in [-0.2, -0.15) is 0 Å². The molecule has 3 heteroatoms. The van der Waals surface area contributed by atoms with E-state index in [4.69, 9.17) is 0 Å². The van der Waals surface area contributed by atoms with Gasteiger partial charge in [0.2, 0.25) is 0 Å². The quantitative estimate of drug-likeness (QED) is 0.795. The van der Waals surface area contributed by atoms with Gasteiger partial charge in [0.15, 0.2) is 0 Å². The number of carbonyl (C=O) groups is 1. The van der Waals surface area contributed by atoms with Crippen molar-refractivity contribution in [1.82, 2.24) is 4.98 Å². The van der Waals surface area contributed by atoms with Crippen LogP contribution in [0.1, 0.15) is 50.3 Å². The van der Waals surface area contributed by atoms with Gasteiger partial charge in [-0.05, 0) is 31.6 Å². The average Bonchev–Trinajstić information content (AvgIpc) is 2.83. The highest BCUT2D eigenvalue weighted by Crippen LogP contribution is 2.32. The monoisotopic (exact) mass is 251 g/mol. The third-order valence-electron chi connectivity index (χ3n) is 3.83. The SMILES string of the molecule is CCCC1CCC(C(=O)Cc2cncs2)CC1. The Morgan fingerprint density at radius 1 is 1.41 bits per heavy atom. The smallest absolute Gasteiger partial charge is 0.141 e. The molecule has 1 aromatic heterocycles. The first-order valence-corrected chi connectivity index (χ1v) is 7.57. The van der Waals surface area contributed by atoms with Crippen molar-refractivity contribution in [3.63, 3.8) is 0 Å². The minimum Gasteiger partial charge on any atom is -0.299 e. The van der Waals surface area contributed by atoms with Crippen LogP contribution >= 0.6 is 11.3 Å². The fraction of sp³-hybridized carbons (Fsp3) is 0.714. The number of carbonyl (C=O) groups excluding carboxylic acids is 1. The Bertz CT molecular complexity index is 339. The molecule has 1 heterocycles. The highest BCUT2D eigenvalue weighted by atomic mass is 32.1. The second kappa shape index (κ2) is 6.29. The number of rotatable bonds is 5. The lowest BCUT2D eigenvalue weighted by atomic mass is 9.78. The maximum Gasteiger partial charge on any atom is 0.141 e. The van der Waals surface area contributed by atoms with Crippen molar-refractivity contribution in [2.75, 3.05) is 0 Å². The van der Waals surface area contributed by atoms with Crippen molar-refractivity contribution in [3.05, 3.63) is 16.6 Å². The van der Waals surface area contributed by atoms with Crippen LogP contribution in [0.15, 0.2) is 11.7 Å². The van der Waals surface area contributed by atoms with E-state index in [0.717, 1.165) is 23.6 Å². The summed E-state index contributed by atoms with van der Waals surface area (Å²) in [7, 11) is 0. The van der Waals surface area contributed by atoms with Crippen molar-refractivity contribution >= 4 is 17.1 Å². The van der Waals surface area contributed by atoms with E-state index in [1.807, 2.05) is 6.20 Å². The number of Topliss-reactive ketones (excluding diaryl/α,β-unsaturated/α-hetero) is 1. The standard InChI is InChI=1S/C14H21NOS/c1-2-3-11-4-6-12(7-5-11)14(16)8-13-9-15-10-17-13/h9-12H,2-8H2,1H3. The van der Waals surface area contributed by atoms with Crippen LogP contribution in [-0.2, 0) is 11.2 Å². The number of aromatic nitrogens is 1. The van der Waals surface area contributed by atoms with Crippen molar-refractivity contribution in [2.24, 2.45) is 11.8 Å². The van der Waals surface area contributed by atoms with E-state index in [9.17, 15) is 4.79 Å². The maximum atomic E-state index is 12.1. The lowest BCUT2D eigenvalue weighted by molar-refractivity contribution is -0.123. The summed E-state index contributed by atoms with van der Waals surface area (Å²) in [6, 6.07) is 0. The van der Waals surface area contributed by atoms with E-state index in [1.165, 1.54) is 25.7 Å². The Labute approximate surface area is 107 Å². The van der Waals surface area contributed by atoms with Gasteiger partial charge in [0, 0.05) is 23.4 Å². The van der Waals surface area contributed by atoms with Gasteiger partial charge in [0.05, 0.1) is 5.51 Å². The van der Waals surface area contributed by atoms with Gasteiger partial charge in [-0.1, -0.05) is 19.8 Å². The summed E-state index contributed by atoms with van der Waals surface area (Å²) in [5.41, 5.74) is 1.81. The van der Waals surface area contributed by atoms with E-state index < -0.39 is 0 Å². The van der Waals surface area contributed by atoms with Crippen molar-refractivity contribution in [3.8, 4) is 0 Å². The molecule has 94 valence electrons. The average molecular weight is 251 g/mol. The predicted octanol–water partition coefficient (Wildman–Crippen LogP) is 3.86. The normalized spacial score (nSPS) is 24.8. The minimum atomic E-state index is 0.324. The fourth-order valence-electron chi connectivity index (χ4n) is 2.83. The largest absolute Gasteiger partial charge is 0.299 e. The summed E-state index contributed by atoms with van der Waals surface area (Å²) in [6.07, 6.45) is 9.80. The minimum absolute atomic E-state index is 0.324. The van der Waals surface area contributed by atoms with Crippen LogP contribution in [0.5, 0.6) is 0 Å². The van der Waals surface area contributed by atoms with E-state index in [1.54, 1.807) is 16.8 Å². The zero-order chi connectivity index (χ0) is 12.1. The molecule has 17 heavy (non-hydrogen) atoms. The predicted molar refractivity (Wildman–Crippen MR) is 71.2 cm³/mol. The lowest BCUT2D eigenvalue weighted by Gasteiger charge is -2.27. The van der Waals surface area contributed by atoms with Gasteiger partial charge < -0.3 is 0 Å². The number of hydrogen-bond donors (Lipinski definition) is 0. The molecule has 2 rings (SSSR count). The molecule has 1 aliphatic carbocycles. The van der Waals surface area contributed by atoms with Gasteiger partial charge in [0.25, 0.3) is 0 Å². The molecule has 0 atom stereocenters. The van der Waals surface area contributed by atoms with Crippen molar-refractivity contribution in [2.45, 2.75) is 51.9 Å². The van der Waals surface area contributed by atoms with E-state index in [-0.39, 0.29) is 0 Å². The number of nitrogens with zero attached hydrogens (tertiary/aromatic N) is 1. The van der Waals surface area contributed by atoms with Crippen LogP contribution in [0.25, 0.3) is 0 Å². The third kappa shape index (κ3) is 3.63. The van der Waals surface area contributed by atoms with Crippen LogP contribution in [-0.4, -0.2) is 10.8 Å². The van der Waals surface area contributed by atoms with Crippen molar-refractivity contribution in [1.29, 1.82) is 0 Å². The van der Waals surface area contributed by atoms with Gasteiger partial charge in [0.1, 0.15) is 5.78 Å². The summed E-state index contributed by atoms with van der Waals surface area (Å²) < 4.78 is 0. The molecular formula is C14H21NOS. The lowest BCUT2D eigenvalue weighted by Crippen LogP contribution is -2.23. The van der Waals surface area contributed by atoms with Crippen LogP contribution in [0, 0.1) is 11.8 Å². The maximum absolute atomic E-state index is 12.1. The molecule has 0 saturated heterocycles. The summed E-state index contributed by atoms with van der Waals surface area (Å²) in [5, 5.41) is 0. The Morgan fingerprint density at radius 3 is 2.76 bits per heavy atom. The molecular weight excluding hydrogens is 230 g/mol. The summed E-state index contributed by atoms with van der Waals surface area (Å²) in [4.78, 5) is 17.2. The fourth-order valence-corrected chi connectivity index (χ4v) is 3.43. The summed E-state index contributed by atoms with van der Waals surface area (Å²) in [6.45, 7) is 2.25. The number of ketones is 1. The first-order chi connectivity index (χ1) is 8.29. The molecule has 1 aromatic rings. The third-order valence-corrected chi connectivity index (χ3v) is 4.61. The molecule has 2 nitrogen and oxygen atoms in total. The van der Waals surface area contributed by atoms with Crippen LogP contribution in [0.3, 0.4) is 0 Å². The molecule has 0 radical (unpaired) electrons. The Morgan fingerprint density at radius 2 is 2.18 bits per heavy atom. The van der Waals surface area contributed by atoms with Gasteiger partial charge in [-0.15, -0.1) is 11.3 Å². The Hall–Kier alpha value is -0.700. The Kier molecular flexibility index (Phi) is 4.72. The summed E-state index contributed by atoms with van der Waals surface area (Å²) in [5.74, 6) is 1.64. The molecule has 0 aliphatic heterocycles. The first kappa shape index (κ1) is 12.7. The highest BCUT2D eigenvalue weighted by Gasteiger charge is 2.25. The van der Waals surface area contributed by atoms with Crippen LogP contribution < -0.4 is 0 Å². The van der Waals surface area contributed by atoms with Gasteiger partial charge >= 0.3 is 0 Å². The zero-order valence-corrected chi connectivity index (χ0v) is 11.3. The number of hydrogen-bond acceptors (Lipinski definition) is 3. The van der Waals surface area contributed by atoms with Crippen molar-refractivity contribution < 1.29 is 4.79 Å². The molecule has 1 saturated carbocycles. The second-order valence-electron chi connectivity index (χ2n) is 5.12. The molecule has 0 spiro atoms. The van der Waals surface area contributed by atoms with Gasteiger partial charge in [-0.3, -0.25) is 9.78 Å². The summed E-state index contributed by atoms with van der Waals surface area (Å²) >= 11 is 1.59. The van der Waals surface area contributed by atoms with E-state index >= 15 is 0 Å². The number of thiazole rings is 1. The molecule has 0 bridgehead atoms. The van der Waals surface area contributed by atoms with Gasteiger partial charge in [-0.25, -0.2) is 0 Å². The van der Waals surface area contributed by atoms with E-state index in [0.29, 0.717) is 18.1 Å². The molecule has 0 amide bonds. The topological polar surface area (TPSA) is 30.0 Å². The molecule has 0 N–H and O–H groups in total. The second-order valence-corrected chi connectivity index (χ2v) is 6.09. The Balaban J connectivity index is 1.78. The molecule has 0 unspecified atom stereocenters.